The van der Waals surface area contributed by atoms with Crippen molar-refractivity contribution in [2.45, 2.75) is 35.4 Å². The lowest BCUT2D eigenvalue weighted by molar-refractivity contribution is -0.133. The molecular weight excluding hydrogens is 462 g/mol. The Hall–Kier alpha value is -2.37. The van der Waals surface area contributed by atoms with Crippen molar-refractivity contribution in [3.8, 4) is 0 Å². The average Bonchev–Trinajstić information content (AvgIpc) is 3.28. The molecular formula is C19H20ClN5O4S2. The Labute approximate surface area is 188 Å². The van der Waals surface area contributed by atoms with Crippen LogP contribution in [0.2, 0.25) is 5.02 Å². The second-order valence-corrected chi connectivity index (χ2v) is 11.0. The van der Waals surface area contributed by atoms with Crippen molar-refractivity contribution in [3.63, 3.8) is 0 Å². The predicted octanol–water partition coefficient (Wildman–Crippen LogP) is 2.33. The van der Waals surface area contributed by atoms with Crippen LogP contribution in [-0.2, 0) is 26.5 Å². The molecule has 31 heavy (non-hydrogen) atoms. The summed E-state index contributed by atoms with van der Waals surface area (Å²) < 4.78 is 25.4. The molecule has 3 heterocycles. The summed E-state index contributed by atoms with van der Waals surface area (Å²) in [6.45, 7) is 0. The number of carbonyl (C=O) groups is 2. The number of hydrogen-bond acceptors (Lipinski definition) is 7. The highest BCUT2D eigenvalue weighted by Gasteiger charge is 2.37. The van der Waals surface area contributed by atoms with Gasteiger partial charge in [0, 0.05) is 42.2 Å². The number of carbonyl (C=O) groups excluding carboxylic acids is 2. The van der Waals surface area contributed by atoms with Crippen molar-refractivity contribution in [2.75, 3.05) is 16.8 Å². The lowest BCUT2D eigenvalue weighted by Crippen LogP contribution is -2.42. The fraction of sp³-hybridized carbons (Fsp3) is 0.368. The first-order chi connectivity index (χ1) is 14.7. The van der Waals surface area contributed by atoms with E-state index in [9.17, 15) is 18.0 Å². The normalized spacial score (nSPS) is 20.6. The molecule has 1 fully saturated rings. The molecule has 1 N–H and O–H groups in total. The SMILES string of the molecule is Cn1ccnc1Sc1ccc(Cl)cc1NC(=O)C1=NN(C2CCS(=O)(=O)C2)C(=O)CC1. The van der Waals surface area contributed by atoms with Crippen molar-refractivity contribution in [2.24, 2.45) is 12.1 Å². The topological polar surface area (TPSA) is 114 Å². The molecule has 0 spiro atoms. The molecule has 164 valence electrons. The number of anilines is 1. The summed E-state index contributed by atoms with van der Waals surface area (Å²) in [6, 6.07) is 4.63. The highest BCUT2D eigenvalue weighted by atomic mass is 35.5. The minimum Gasteiger partial charge on any atom is -0.329 e. The first kappa shape index (κ1) is 21.8. The van der Waals surface area contributed by atoms with Gasteiger partial charge in [0.05, 0.1) is 23.2 Å². The molecule has 2 aliphatic heterocycles. The van der Waals surface area contributed by atoms with Crippen LogP contribution >= 0.6 is 23.4 Å². The molecule has 1 aromatic carbocycles. The van der Waals surface area contributed by atoms with E-state index in [1.165, 1.54) is 16.8 Å². The van der Waals surface area contributed by atoms with E-state index in [4.69, 9.17) is 11.6 Å². The Balaban J connectivity index is 1.55. The molecule has 4 rings (SSSR count). The Kier molecular flexibility index (Phi) is 6.09. The largest absolute Gasteiger partial charge is 0.329 e. The van der Waals surface area contributed by atoms with Crippen molar-refractivity contribution in [3.05, 3.63) is 35.6 Å². The van der Waals surface area contributed by atoms with Gasteiger partial charge < -0.3 is 9.88 Å². The van der Waals surface area contributed by atoms with Crippen LogP contribution in [0.4, 0.5) is 5.69 Å². The monoisotopic (exact) mass is 481 g/mol. The summed E-state index contributed by atoms with van der Waals surface area (Å²) in [5, 5.41) is 9.41. The zero-order valence-electron chi connectivity index (χ0n) is 16.6. The van der Waals surface area contributed by atoms with E-state index >= 15 is 0 Å². The second-order valence-electron chi connectivity index (χ2n) is 7.36. The molecule has 9 nitrogen and oxygen atoms in total. The third-order valence-corrected chi connectivity index (χ3v) is 8.18. The van der Waals surface area contributed by atoms with Gasteiger partial charge in [0.2, 0.25) is 5.91 Å². The lowest BCUT2D eigenvalue weighted by atomic mass is 10.1. The van der Waals surface area contributed by atoms with Gasteiger partial charge in [0.1, 0.15) is 5.71 Å². The number of rotatable bonds is 5. The van der Waals surface area contributed by atoms with Gasteiger partial charge in [-0.1, -0.05) is 11.6 Å². The highest BCUT2D eigenvalue weighted by molar-refractivity contribution is 7.99. The quantitative estimate of drug-likeness (QED) is 0.701. The number of aryl methyl sites for hydroxylation is 1. The molecule has 1 unspecified atom stereocenters. The van der Waals surface area contributed by atoms with Crippen LogP contribution in [0, 0.1) is 0 Å². The summed E-state index contributed by atoms with van der Waals surface area (Å²) >= 11 is 7.51. The Bertz CT molecular complexity index is 1180. The van der Waals surface area contributed by atoms with Crippen molar-refractivity contribution >= 4 is 56.4 Å². The van der Waals surface area contributed by atoms with Gasteiger partial charge in [-0.15, -0.1) is 0 Å². The zero-order valence-corrected chi connectivity index (χ0v) is 19.0. The van der Waals surface area contributed by atoms with Crippen LogP contribution in [0.25, 0.3) is 0 Å². The molecule has 2 aliphatic rings. The molecule has 2 amide bonds. The third-order valence-electron chi connectivity index (χ3n) is 5.04. The predicted molar refractivity (Wildman–Crippen MR) is 118 cm³/mol. The maximum absolute atomic E-state index is 12.9. The van der Waals surface area contributed by atoms with Crippen LogP contribution in [0.3, 0.4) is 0 Å². The molecule has 0 radical (unpaired) electrons. The van der Waals surface area contributed by atoms with E-state index in [0.717, 1.165) is 10.1 Å². The van der Waals surface area contributed by atoms with E-state index in [2.05, 4.69) is 15.4 Å². The lowest BCUT2D eigenvalue weighted by Gasteiger charge is -2.27. The average molecular weight is 482 g/mol. The number of nitrogens with one attached hydrogen (secondary N) is 1. The first-order valence-corrected chi connectivity index (χ1v) is 12.6. The molecule has 1 atom stereocenters. The van der Waals surface area contributed by atoms with E-state index in [1.54, 1.807) is 24.4 Å². The maximum Gasteiger partial charge on any atom is 0.271 e. The van der Waals surface area contributed by atoms with E-state index in [1.807, 2.05) is 17.8 Å². The molecule has 1 aromatic heterocycles. The fourth-order valence-electron chi connectivity index (χ4n) is 3.42. The number of amides is 2. The standard InChI is InChI=1S/C19H20ClN5O4S2/c1-24-8-7-21-19(24)30-16-4-2-12(20)10-15(16)22-18(27)14-3-5-17(26)25(23-14)13-6-9-31(28,29)11-13/h2,4,7-8,10,13H,3,5-6,9,11H2,1H3,(H,22,27). The number of hydrogen-bond donors (Lipinski definition) is 1. The van der Waals surface area contributed by atoms with Crippen LogP contribution in [-0.4, -0.2) is 58.1 Å². The number of benzene rings is 1. The molecule has 0 saturated carbocycles. The van der Waals surface area contributed by atoms with E-state index in [-0.39, 0.29) is 36.0 Å². The molecule has 1 saturated heterocycles. The van der Waals surface area contributed by atoms with Crippen molar-refractivity contribution in [1.29, 1.82) is 0 Å². The van der Waals surface area contributed by atoms with Crippen LogP contribution in [0.5, 0.6) is 0 Å². The number of hydrazone groups is 1. The Morgan fingerprint density at radius 2 is 2.13 bits per heavy atom. The van der Waals surface area contributed by atoms with Gasteiger partial charge >= 0.3 is 0 Å². The van der Waals surface area contributed by atoms with Gasteiger partial charge in [-0.3, -0.25) is 9.59 Å². The van der Waals surface area contributed by atoms with E-state index in [0.29, 0.717) is 17.1 Å². The number of halogens is 1. The molecule has 0 aliphatic carbocycles. The zero-order chi connectivity index (χ0) is 22.2. The Morgan fingerprint density at radius 1 is 1.32 bits per heavy atom. The van der Waals surface area contributed by atoms with Gasteiger partial charge in [0.25, 0.3) is 5.91 Å². The summed E-state index contributed by atoms with van der Waals surface area (Å²) in [6.07, 6.45) is 4.12. The Morgan fingerprint density at radius 3 is 2.81 bits per heavy atom. The molecule has 0 bridgehead atoms. The number of sulfone groups is 1. The van der Waals surface area contributed by atoms with Crippen molar-refractivity contribution < 1.29 is 18.0 Å². The van der Waals surface area contributed by atoms with Gasteiger partial charge in [0.15, 0.2) is 15.0 Å². The number of nitrogens with zero attached hydrogens (tertiary/aromatic N) is 4. The van der Waals surface area contributed by atoms with Gasteiger partial charge in [-0.05, 0) is 36.4 Å². The minimum atomic E-state index is -3.18. The summed E-state index contributed by atoms with van der Waals surface area (Å²) in [5.41, 5.74) is 0.678. The van der Waals surface area contributed by atoms with Crippen LogP contribution < -0.4 is 5.32 Å². The molecule has 2 aromatic rings. The number of imidazole rings is 1. The van der Waals surface area contributed by atoms with Gasteiger partial charge in [-0.2, -0.15) is 5.10 Å². The summed E-state index contributed by atoms with van der Waals surface area (Å²) in [4.78, 5) is 30.2. The van der Waals surface area contributed by atoms with E-state index < -0.39 is 21.8 Å². The highest BCUT2D eigenvalue weighted by Crippen LogP contribution is 2.34. The summed E-state index contributed by atoms with van der Waals surface area (Å²) in [7, 11) is -1.31. The third kappa shape index (κ3) is 4.94. The second kappa shape index (κ2) is 8.64. The van der Waals surface area contributed by atoms with Crippen LogP contribution in [0.15, 0.2) is 45.7 Å². The maximum atomic E-state index is 12.9. The number of aromatic nitrogens is 2. The summed E-state index contributed by atoms with van der Waals surface area (Å²) in [5.74, 6) is -0.834. The fourth-order valence-corrected chi connectivity index (χ4v) is 6.16. The van der Waals surface area contributed by atoms with Crippen molar-refractivity contribution in [1.82, 2.24) is 14.6 Å². The minimum absolute atomic E-state index is 0.0226. The molecule has 12 heteroatoms. The smallest absolute Gasteiger partial charge is 0.271 e. The first-order valence-electron chi connectivity index (χ1n) is 9.58. The van der Waals surface area contributed by atoms with Gasteiger partial charge in [-0.25, -0.2) is 18.4 Å². The van der Waals surface area contributed by atoms with Crippen LogP contribution in [0.1, 0.15) is 19.3 Å².